The van der Waals surface area contributed by atoms with E-state index in [1.807, 2.05) is 36.4 Å². The number of anilines is 1. The fraction of sp³-hybridized carbons (Fsp3) is 0.238. The molecule has 0 atom stereocenters. The number of hydrogen-bond acceptors (Lipinski definition) is 7. The largest absolute Gasteiger partial charge is 0.493 e. The van der Waals surface area contributed by atoms with Gasteiger partial charge in [-0.05, 0) is 23.3 Å². The second-order valence-electron chi connectivity index (χ2n) is 6.03. The summed E-state index contributed by atoms with van der Waals surface area (Å²) < 4.78 is 21.5. The molecule has 2 aromatic carbocycles. The van der Waals surface area contributed by atoms with Crippen LogP contribution in [0.15, 0.2) is 42.6 Å². The Labute approximate surface area is 164 Å². The van der Waals surface area contributed by atoms with Gasteiger partial charge in [-0.2, -0.15) is 0 Å². The Morgan fingerprint density at radius 3 is 2.04 bits per heavy atom. The number of benzene rings is 2. The molecule has 0 fully saturated rings. The van der Waals surface area contributed by atoms with Crippen LogP contribution < -0.4 is 19.9 Å². The molecule has 28 heavy (non-hydrogen) atoms. The smallest absolute Gasteiger partial charge is 0.220 e. The van der Waals surface area contributed by atoms with Crippen molar-refractivity contribution in [2.45, 2.75) is 6.61 Å². The van der Waals surface area contributed by atoms with Crippen molar-refractivity contribution in [2.24, 2.45) is 0 Å². The molecular weight excluding hydrogens is 358 g/mol. The monoisotopic (exact) mass is 381 g/mol. The van der Waals surface area contributed by atoms with Crippen molar-refractivity contribution in [1.29, 1.82) is 0 Å². The number of aromatic nitrogens is 2. The van der Waals surface area contributed by atoms with Crippen molar-refractivity contribution >= 4 is 5.95 Å². The topological polar surface area (TPSA) is 88.7 Å². The Hall–Kier alpha value is -3.32. The summed E-state index contributed by atoms with van der Waals surface area (Å²) in [5.41, 5.74) is 10.2. The number of nitrogens with two attached hydrogens (primary N) is 1. The summed E-state index contributed by atoms with van der Waals surface area (Å²) in [6, 6.07) is 11.7. The van der Waals surface area contributed by atoms with E-state index in [-0.39, 0.29) is 5.95 Å². The molecule has 0 aliphatic carbocycles. The van der Waals surface area contributed by atoms with E-state index in [4.69, 9.17) is 24.7 Å². The molecule has 2 N–H and O–H groups in total. The number of rotatable bonds is 7. The van der Waals surface area contributed by atoms with Crippen LogP contribution in [-0.4, -0.2) is 38.4 Å². The zero-order valence-corrected chi connectivity index (χ0v) is 16.4. The Morgan fingerprint density at radius 1 is 0.857 bits per heavy atom. The first-order valence-electron chi connectivity index (χ1n) is 8.62. The third-order valence-corrected chi connectivity index (χ3v) is 4.32. The number of ether oxygens (including phenoxy) is 4. The highest BCUT2D eigenvalue weighted by Gasteiger charge is 2.18. The SMILES string of the molecule is COCc1ccc(-c2cnc(N)nc2-c2cc(OC)c(OC)c(OC)c2)cc1. The van der Waals surface area contributed by atoms with Gasteiger partial charge in [-0.25, -0.2) is 9.97 Å². The highest BCUT2D eigenvalue weighted by atomic mass is 16.5. The second-order valence-corrected chi connectivity index (χ2v) is 6.03. The van der Waals surface area contributed by atoms with Crippen LogP contribution >= 0.6 is 0 Å². The zero-order chi connectivity index (χ0) is 20.1. The highest BCUT2D eigenvalue weighted by Crippen LogP contribution is 2.42. The molecule has 7 nitrogen and oxygen atoms in total. The minimum Gasteiger partial charge on any atom is -0.493 e. The van der Waals surface area contributed by atoms with Crippen LogP contribution in [0.4, 0.5) is 5.95 Å². The van der Waals surface area contributed by atoms with E-state index >= 15 is 0 Å². The summed E-state index contributed by atoms with van der Waals surface area (Å²) in [6.07, 6.45) is 1.71. The van der Waals surface area contributed by atoms with Crippen LogP contribution in [0.25, 0.3) is 22.4 Å². The second kappa shape index (κ2) is 8.58. The normalized spacial score (nSPS) is 10.6. The van der Waals surface area contributed by atoms with Gasteiger partial charge in [0.2, 0.25) is 11.7 Å². The lowest BCUT2D eigenvalue weighted by Gasteiger charge is -2.16. The summed E-state index contributed by atoms with van der Waals surface area (Å²) >= 11 is 0. The molecule has 0 spiro atoms. The van der Waals surface area contributed by atoms with Crippen LogP contribution in [0.2, 0.25) is 0 Å². The predicted molar refractivity (Wildman–Crippen MR) is 108 cm³/mol. The Morgan fingerprint density at radius 2 is 1.50 bits per heavy atom. The van der Waals surface area contributed by atoms with Crippen LogP contribution in [0.1, 0.15) is 5.56 Å². The van der Waals surface area contributed by atoms with Crippen molar-refractivity contribution < 1.29 is 18.9 Å². The molecular formula is C21H23N3O4. The minimum absolute atomic E-state index is 0.184. The van der Waals surface area contributed by atoms with Gasteiger partial charge in [0.1, 0.15) is 0 Å². The first kappa shape index (κ1) is 19.4. The van der Waals surface area contributed by atoms with Crippen molar-refractivity contribution in [2.75, 3.05) is 34.2 Å². The van der Waals surface area contributed by atoms with Gasteiger partial charge in [-0.15, -0.1) is 0 Å². The predicted octanol–water partition coefficient (Wildman–Crippen LogP) is 3.57. The lowest BCUT2D eigenvalue weighted by molar-refractivity contribution is 0.185. The van der Waals surface area contributed by atoms with E-state index in [0.29, 0.717) is 29.5 Å². The van der Waals surface area contributed by atoms with E-state index in [1.54, 1.807) is 34.6 Å². The Bertz CT molecular complexity index is 933. The average Bonchev–Trinajstić information content (AvgIpc) is 2.73. The van der Waals surface area contributed by atoms with E-state index in [1.165, 1.54) is 0 Å². The van der Waals surface area contributed by atoms with E-state index in [9.17, 15) is 0 Å². The van der Waals surface area contributed by atoms with Gasteiger partial charge < -0.3 is 24.7 Å². The van der Waals surface area contributed by atoms with E-state index < -0.39 is 0 Å². The average molecular weight is 381 g/mol. The third kappa shape index (κ3) is 3.84. The summed E-state index contributed by atoms with van der Waals surface area (Å²) in [4.78, 5) is 8.65. The van der Waals surface area contributed by atoms with Gasteiger partial charge in [0.15, 0.2) is 11.5 Å². The van der Waals surface area contributed by atoms with Crippen LogP contribution in [-0.2, 0) is 11.3 Å². The molecule has 0 bridgehead atoms. The molecule has 7 heteroatoms. The van der Waals surface area contributed by atoms with Crippen LogP contribution in [0, 0.1) is 0 Å². The Kier molecular flexibility index (Phi) is 5.96. The molecule has 0 aliphatic rings. The summed E-state index contributed by atoms with van der Waals surface area (Å²) in [6.45, 7) is 0.554. The molecule has 0 radical (unpaired) electrons. The molecule has 0 saturated carbocycles. The van der Waals surface area contributed by atoms with Crippen molar-refractivity contribution in [3.05, 3.63) is 48.2 Å². The van der Waals surface area contributed by atoms with Gasteiger partial charge in [-0.1, -0.05) is 24.3 Å². The lowest BCUT2D eigenvalue weighted by Crippen LogP contribution is -2.00. The zero-order valence-electron chi connectivity index (χ0n) is 16.4. The van der Waals surface area contributed by atoms with Crippen molar-refractivity contribution in [3.63, 3.8) is 0 Å². The van der Waals surface area contributed by atoms with Gasteiger partial charge in [0, 0.05) is 24.4 Å². The maximum Gasteiger partial charge on any atom is 0.220 e. The maximum atomic E-state index is 5.88. The quantitative estimate of drug-likeness (QED) is 0.669. The van der Waals surface area contributed by atoms with Crippen molar-refractivity contribution in [1.82, 2.24) is 9.97 Å². The van der Waals surface area contributed by atoms with Crippen LogP contribution in [0.5, 0.6) is 17.2 Å². The molecule has 0 saturated heterocycles. The first-order valence-corrected chi connectivity index (χ1v) is 8.62. The molecule has 0 aliphatic heterocycles. The summed E-state index contributed by atoms with van der Waals surface area (Å²) in [5.74, 6) is 1.77. The fourth-order valence-corrected chi connectivity index (χ4v) is 2.99. The maximum absolute atomic E-state index is 5.88. The molecule has 146 valence electrons. The number of nitrogen functional groups attached to an aromatic ring is 1. The van der Waals surface area contributed by atoms with E-state index in [0.717, 1.165) is 22.3 Å². The first-order chi connectivity index (χ1) is 13.6. The standard InChI is InChI=1S/C21H23N3O4/c1-25-12-13-5-7-14(8-6-13)16-11-23-21(22)24-19(16)15-9-17(26-2)20(28-4)18(10-15)27-3/h5-11H,12H2,1-4H3,(H2,22,23,24). The van der Waals surface area contributed by atoms with Gasteiger partial charge >= 0.3 is 0 Å². The summed E-state index contributed by atoms with van der Waals surface area (Å²) in [7, 11) is 6.38. The van der Waals surface area contributed by atoms with Crippen LogP contribution in [0.3, 0.4) is 0 Å². The number of hydrogen-bond donors (Lipinski definition) is 1. The number of methoxy groups -OCH3 is 4. The molecule has 3 aromatic rings. The highest BCUT2D eigenvalue weighted by molar-refractivity contribution is 5.83. The molecule has 1 heterocycles. The van der Waals surface area contributed by atoms with Gasteiger partial charge in [-0.3, -0.25) is 0 Å². The van der Waals surface area contributed by atoms with Crippen molar-refractivity contribution in [3.8, 4) is 39.6 Å². The third-order valence-electron chi connectivity index (χ3n) is 4.32. The minimum atomic E-state index is 0.184. The number of nitrogens with zero attached hydrogens (tertiary/aromatic N) is 2. The Balaban J connectivity index is 2.16. The van der Waals surface area contributed by atoms with Gasteiger partial charge in [0.25, 0.3) is 0 Å². The summed E-state index contributed by atoms with van der Waals surface area (Å²) in [5, 5.41) is 0. The fourth-order valence-electron chi connectivity index (χ4n) is 2.99. The molecule has 3 rings (SSSR count). The molecule has 0 unspecified atom stereocenters. The molecule has 1 aromatic heterocycles. The van der Waals surface area contributed by atoms with Gasteiger partial charge in [0.05, 0.1) is 33.6 Å². The lowest BCUT2D eigenvalue weighted by atomic mass is 9.99. The van der Waals surface area contributed by atoms with E-state index in [2.05, 4.69) is 9.97 Å². The molecule has 0 amide bonds.